The highest BCUT2D eigenvalue weighted by atomic mass is 19.1. The zero-order valence-electron chi connectivity index (χ0n) is 13.3. The van der Waals surface area contributed by atoms with Crippen LogP contribution in [-0.2, 0) is 11.3 Å². The highest BCUT2D eigenvalue weighted by Crippen LogP contribution is 2.19. The van der Waals surface area contributed by atoms with Gasteiger partial charge in [-0.2, -0.15) is 0 Å². The van der Waals surface area contributed by atoms with Gasteiger partial charge in [-0.05, 0) is 45.0 Å². The van der Waals surface area contributed by atoms with E-state index in [1.165, 1.54) is 12.1 Å². The van der Waals surface area contributed by atoms with Gasteiger partial charge in [-0.15, -0.1) is 0 Å². The Morgan fingerprint density at radius 1 is 1.27 bits per heavy atom. The SMILES string of the molecule is COCc1cc(C)nc(NN(c2cccc(F)c2)C(C)C)n1. The lowest BCUT2D eigenvalue weighted by Gasteiger charge is -2.29. The molecule has 0 amide bonds. The average Bonchev–Trinajstić information content (AvgIpc) is 2.44. The summed E-state index contributed by atoms with van der Waals surface area (Å²) in [5.41, 5.74) is 5.50. The van der Waals surface area contributed by atoms with Crippen LogP contribution in [0, 0.1) is 12.7 Å². The first-order valence-corrected chi connectivity index (χ1v) is 7.14. The first kappa shape index (κ1) is 16.2. The molecular formula is C16H21FN4O. The van der Waals surface area contributed by atoms with Crippen LogP contribution in [0.25, 0.3) is 0 Å². The van der Waals surface area contributed by atoms with Gasteiger partial charge < -0.3 is 4.74 Å². The number of benzene rings is 1. The molecule has 2 aromatic rings. The maximum atomic E-state index is 13.5. The average molecular weight is 304 g/mol. The fraction of sp³-hybridized carbons (Fsp3) is 0.375. The van der Waals surface area contributed by atoms with E-state index >= 15 is 0 Å². The molecule has 0 saturated carbocycles. The number of rotatable bonds is 6. The van der Waals surface area contributed by atoms with Crippen LogP contribution in [0.4, 0.5) is 16.0 Å². The number of methoxy groups -OCH3 is 1. The highest BCUT2D eigenvalue weighted by Gasteiger charge is 2.13. The fourth-order valence-electron chi connectivity index (χ4n) is 2.13. The molecule has 1 aromatic carbocycles. The van der Waals surface area contributed by atoms with E-state index in [1.807, 2.05) is 37.9 Å². The summed E-state index contributed by atoms with van der Waals surface area (Å²) in [4.78, 5) is 8.78. The molecule has 0 atom stereocenters. The first-order chi connectivity index (χ1) is 10.5. The topological polar surface area (TPSA) is 50.3 Å². The van der Waals surface area contributed by atoms with Gasteiger partial charge in [-0.25, -0.2) is 14.4 Å². The predicted molar refractivity (Wildman–Crippen MR) is 85.1 cm³/mol. The quantitative estimate of drug-likeness (QED) is 0.830. The summed E-state index contributed by atoms with van der Waals surface area (Å²) in [7, 11) is 1.62. The molecule has 1 heterocycles. The second-order valence-corrected chi connectivity index (χ2v) is 5.31. The molecule has 22 heavy (non-hydrogen) atoms. The van der Waals surface area contributed by atoms with Crippen molar-refractivity contribution in [2.75, 3.05) is 17.5 Å². The minimum Gasteiger partial charge on any atom is -0.378 e. The molecule has 0 fully saturated rings. The van der Waals surface area contributed by atoms with Gasteiger partial charge in [0.05, 0.1) is 18.0 Å². The highest BCUT2D eigenvalue weighted by molar-refractivity contribution is 5.52. The van der Waals surface area contributed by atoms with Crippen LogP contribution in [0.15, 0.2) is 30.3 Å². The van der Waals surface area contributed by atoms with Crippen molar-refractivity contribution in [1.82, 2.24) is 9.97 Å². The van der Waals surface area contributed by atoms with E-state index in [2.05, 4.69) is 15.4 Å². The first-order valence-electron chi connectivity index (χ1n) is 7.14. The number of hydrogen-bond donors (Lipinski definition) is 1. The number of aromatic nitrogens is 2. The van der Waals surface area contributed by atoms with E-state index in [1.54, 1.807) is 13.2 Å². The number of aryl methyl sites for hydroxylation is 1. The number of ether oxygens (including phenoxy) is 1. The zero-order valence-corrected chi connectivity index (χ0v) is 13.3. The third-order valence-corrected chi connectivity index (χ3v) is 3.02. The molecule has 1 aromatic heterocycles. The lowest BCUT2D eigenvalue weighted by atomic mass is 10.2. The van der Waals surface area contributed by atoms with Crippen molar-refractivity contribution in [2.45, 2.75) is 33.4 Å². The maximum Gasteiger partial charge on any atom is 0.242 e. The van der Waals surface area contributed by atoms with Crippen molar-refractivity contribution in [3.63, 3.8) is 0 Å². The van der Waals surface area contributed by atoms with Crippen molar-refractivity contribution in [2.24, 2.45) is 0 Å². The monoisotopic (exact) mass is 304 g/mol. The molecule has 2 rings (SSSR count). The predicted octanol–water partition coefficient (Wildman–Crippen LogP) is 3.31. The molecule has 118 valence electrons. The van der Waals surface area contributed by atoms with Crippen LogP contribution in [0.1, 0.15) is 25.2 Å². The van der Waals surface area contributed by atoms with Crippen LogP contribution in [-0.4, -0.2) is 23.1 Å². The van der Waals surface area contributed by atoms with Crippen LogP contribution in [0.2, 0.25) is 0 Å². The second kappa shape index (κ2) is 7.17. The van der Waals surface area contributed by atoms with Gasteiger partial charge in [0.25, 0.3) is 0 Å². The summed E-state index contributed by atoms with van der Waals surface area (Å²) >= 11 is 0. The number of nitrogens with one attached hydrogen (secondary N) is 1. The Labute approximate surface area is 130 Å². The molecule has 0 aliphatic rings. The molecule has 1 N–H and O–H groups in total. The van der Waals surface area contributed by atoms with Crippen LogP contribution in [0.5, 0.6) is 0 Å². The van der Waals surface area contributed by atoms with Gasteiger partial charge in [0.15, 0.2) is 0 Å². The Balaban J connectivity index is 2.28. The molecule has 0 radical (unpaired) electrons. The van der Waals surface area contributed by atoms with E-state index in [0.29, 0.717) is 18.2 Å². The molecule has 0 spiro atoms. The molecule has 0 unspecified atom stereocenters. The van der Waals surface area contributed by atoms with Crippen molar-refractivity contribution < 1.29 is 9.13 Å². The number of nitrogens with zero attached hydrogens (tertiary/aromatic N) is 3. The number of hydrogen-bond acceptors (Lipinski definition) is 5. The molecule has 0 bridgehead atoms. The zero-order chi connectivity index (χ0) is 16.1. The van der Waals surface area contributed by atoms with Gasteiger partial charge >= 0.3 is 0 Å². The molecule has 5 nitrogen and oxygen atoms in total. The largest absolute Gasteiger partial charge is 0.378 e. The molecule has 0 aliphatic heterocycles. The van der Waals surface area contributed by atoms with Gasteiger partial charge in [-0.1, -0.05) is 6.07 Å². The van der Waals surface area contributed by atoms with Crippen LogP contribution in [0.3, 0.4) is 0 Å². The van der Waals surface area contributed by atoms with E-state index in [9.17, 15) is 4.39 Å². The van der Waals surface area contributed by atoms with Crippen molar-refractivity contribution in [3.05, 3.63) is 47.5 Å². The third-order valence-electron chi connectivity index (χ3n) is 3.02. The summed E-state index contributed by atoms with van der Waals surface area (Å²) in [5, 5.41) is 1.83. The van der Waals surface area contributed by atoms with E-state index in [-0.39, 0.29) is 11.9 Å². The molecule has 0 aliphatic carbocycles. The summed E-state index contributed by atoms with van der Waals surface area (Å²) in [6.45, 7) is 6.32. The van der Waals surface area contributed by atoms with E-state index in [0.717, 1.165) is 11.4 Å². The van der Waals surface area contributed by atoms with Crippen molar-refractivity contribution >= 4 is 11.6 Å². The second-order valence-electron chi connectivity index (χ2n) is 5.31. The van der Waals surface area contributed by atoms with Crippen LogP contribution >= 0.6 is 0 Å². The summed E-state index contributed by atoms with van der Waals surface area (Å²) in [5.74, 6) is 0.181. The minimum absolute atomic E-state index is 0.0942. The van der Waals surface area contributed by atoms with E-state index in [4.69, 9.17) is 4.74 Å². The lowest BCUT2D eigenvalue weighted by Crippen LogP contribution is -2.37. The Hall–Kier alpha value is -2.21. The number of anilines is 2. The molecule has 6 heteroatoms. The van der Waals surface area contributed by atoms with Crippen molar-refractivity contribution in [3.8, 4) is 0 Å². The number of hydrazine groups is 1. The van der Waals surface area contributed by atoms with Gasteiger partial charge in [0.1, 0.15) is 5.82 Å². The van der Waals surface area contributed by atoms with Crippen molar-refractivity contribution in [1.29, 1.82) is 0 Å². The smallest absolute Gasteiger partial charge is 0.242 e. The van der Waals surface area contributed by atoms with Gasteiger partial charge in [0.2, 0.25) is 5.95 Å². The third kappa shape index (κ3) is 4.14. The van der Waals surface area contributed by atoms with E-state index < -0.39 is 0 Å². The maximum absolute atomic E-state index is 13.5. The van der Waals surface area contributed by atoms with Gasteiger partial charge in [-0.3, -0.25) is 10.4 Å². The normalized spacial score (nSPS) is 10.8. The summed E-state index contributed by atoms with van der Waals surface area (Å²) in [6.07, 6.45) is 0. The fourth-order valence-corrected chi connectivity index (χ4v) is 2.13. The lowest BCUT2D eigenvalue weighted by molar-refractivity contribution is 0.181. The Kier molecular flexibility index (Phi) is 5.27. The van der Waals surface area contributed by atoms with Gasteiger partial charge in [0, 0.05) is 18.8 Å². The Morgan fingerprint density at radius 2 is 2.05 bits per heavy atom. The summed E-state index contributed by atoms with van der Waals surface area (Å²) < 4.78 is 18.6. The number of halogens is 1. The minimum atomic E-state index is -0.282. The Bertz CT molecular complexity index is 633. The standard InChI is InChI=1S/C16H21FN4O/c1-11(2)21(15-7-5-6-13(17)9-15)20-16-18-12(3)8-14(19-16)10-22-4/h5-9,11H,10H2,1-4H3,(H,18,19,20). The molecule has 0 saturated heterocycles. The van der Waals surface area contributed by atoms with Crippen LogP contribution < -0.4 is 10.4 Å². The summed E-state index contributed by atoms with van der Waals surface area (Å²) in [6, 6.07) is 8.37. The molecular weight excluding hydrogens is 283 g/mol. The Morgan fingerprint density at radius 3 is 2.68 bits per heavy atom.